The molecule has 3 aliphatic rings. The van der Waals surface area contributed by atoms with Crippen LogP contribution in [-0.4, -0.2) is 159 Å². The fourth-order valence-electron chi connectivity index (χ4n) is 10.4. The number of nitro groups is 2. The molecule has 29 nitrogen and oxygen atoms in total. The lowest BCUT2D eigenvalue weighted by atomic mass is 9.93. The van der Waals surface area contributed by atoms with Crippen LogP contribution in [0, 0.1) is 26.1 Å². The number of hydrogen-bond donors (Lipinski definition) is 6. The average Bonchev–Trinajstić information content (AvgIpc) is 1.57. The van der Waals surface area contributed by atoms with Gasteiger partial charge < -0.3 is 42.0 Å². The van der Waals surface area contributed by atoms with Crippen molar-refractivity contribution in [3.8, 4) is 0 Å². The minimum Gasteiger partial charge on any atom is -0.445 e. The third kappa shape index (κ3) is 15.3. The van der Waals surface area contributed by atoms with Crippen LogP contribution >= 0.6 is 0 Å². The summed E-state index contributed by atoms with van der Waals surface area (Å²) in [4.78, 5) is 184. The molecule has 0 unspecified atom stereocenters. The molecule has 0 radical (unpaired) electrons. The van der Waals surface area contributed by atoms with E-state index in [1.807, 2.05) is 0 Å². The van der Waals surface area contributed by atoms with Gasteiger partial charge in [0.25, 0.3) is 46.8 Å². The third-order valence-electron chi connectivity index (χ3n) is 15.0. The van der Waals surface area contributed by atoms with Gasteiger partial charge in [-0.15, -0.1) is 0 Å². The number of anilines is 1. The van der Waals surface area contributed by atoms with Crippen LogP contribution in [-0.2, 0) is 40.1 Å². The molecular formula is C60H62N12O17. The summed E-state index contributed by atoms with van der Waals surface area (Å²) in [7, 11) is 0. The molecule has 464 valence electrons. The van der Waals surface area contributed by atoms with Gasteiger partial charge in [0.2, 0.25) is 23.6 Å². The number of benzene rings is 5. The predicted molar refractivity (Wildman–Crippen MR) is 316 cm³/mol. The second-order valence-corrected chi connectivity index (χ2v) is 21.5. The van der Waals surface area contributed by atoms with Gasteiger partial charge in [-0.05, 0) is 78.6 Å². The summed E-state index contributed by atoms with van der Waals surface area (Å²) in [6, 6.07) is 16.6. The molecular weight excluding hydrogens is 1160 g/mol. The molecule has 89 heavy (non-hydrogen) atoms. The van der Waals surface area contributed by atoms with E-state index in [0.29, 0.717) is 35.1 Å². The van der Waals surface area contributed by atoms with Crippen LogP contribution in [0.5, 0.6) is 0 Å². The van der Waals surface area contributed by atoms with E-state index in [9.17, 15) is 77.8 Å². The maximum atomic E-state index is 14.0. The lowest BCUT2D eigenvalue weighted by Crippen LogP contribution is -2.54. The van der Waals surface area contributed by atoms with Gasteiger partial charge in [0.05, 0.1) is 21.0 Å². The zero-order valence-corrected chi connectivity index (χ0v) is 48.3. The Balaban J connectivity index is 0.894. The molecule has 5 aromatic rings. The Labute approximate surface area is 506 Å². The number of nitrogens with two attached hydrogens (primary N) is 1. The summed E-state index contributed by atoms with van der Waals surface area (Å²) >= 11 is 0. The zero-order chi connectivity index (χ0) is 64.2. The number of nitrogens with zero attached hydrogens (tertiary/aromatic N) is 6. The zero-order valence-electron chi connectivity index (χ0n) is 48.3. The second kappa shape index (κ2) is 28.5. The Morgan fingerprint density at radius 1 is 0.607 bits per heavy atom. The number of rotatable bonds is 29. The van der Waals surface area contributed by atoms with Gasteiger partial charge in [-0.2, -0.15) is 0 Å². The maximum Gasteiger partial charge on any atom is 0.410 e. The minimum atomic E-state index is -1.18. The van der Waals surface area contributed by atoms with Gasteiger partial charge in [-0.3, -0.25) is 82.9 Å². The molecule has 0 aromatic heterocycles. The van der Waals surface area contributed by atoms with Gasteiger partial charge in [-0.25, -0.2) is 9.59 Å². The van der Waals surface area contributed by atoms with Crippen LogP contribution < -0.4 is 32.3 Å². The number of urea groups is 1. The van der Waals surface area contributed by atoms with Crippen molar-refractivity contribution in [3.05, 3.63) is 145 Å². The smallest absolute Gasteiger partial charge is 0.410 e. The molecule has 2 atom stereocenters. The van der Waals surface area contributed by atoms with Crippen molar-refractivity contribution in [2.75, 3.05) is 51.1 Å². The number of non-ortho nitro benzene ring substituents is 2. The van der Waals surface area contributed by atoms with Crippen LogP contribution in [0.4, 0.5) is 26.7 Å². The highest BCUT2D eigenvalue weighted by Gasteiger charge is 2.38. The van der Waals surface area contributed by atoms with Crippen molar-refractivity contribution in [1.29, 1.82) is 0 Å². The minimum absolute atomic E-state index is 0.00620. The Hall–Kier alpha value is -11.0. The molecule has 0 fully saturated rings. The van der Waals surface area contributed by atoms with E-state index in [1.54, 1.807) is 13.8 Å². The summed E-state index contributed by atoms with van der Waals surface area (Å²) in [5.41, 5.74) is 5.04. The number of nitro benzene ring substituents is 2. The average molecular weight is 1220 g/mol. The summed E-state index contributed by atoms with van der Waals surface area (Å²) in [5.74, 6) is -7.04. The van der Waals surface area contributed by atoms with Crippen LogP contribution in [0.3, 0.4) is 0 Å². The van der Waals surface area contributed by atoms with E-state index in [0.717, 1.165) is 26.8 Å². The number of amides is 13. The highest BCUT2D eigenvalue weighted by molar-refractivity contribution is 6.27. The SMILES string of the molecule is CC(C)[C@H](NC(=O)CCCCCN1C(=O)C=CC1=O)C(=O)N[C@@H](CCCNC(N)=O)C(=O)Nc1ccc(COC(=O)N(CCCNC(=O)CN2C(=O)c3cccc4cc([N+](=O)[O-])cc(c34)C2=O)CCN2C(=O)c3cccc4cc([N+](=O)[O-])cc(c34)C2=O)cc1. The second-order valence-electron chi connectivity index (χ2n) is 21.5. The first kappa shape index (κ1) is 64.0. The highest BCUT2D eigenvalue weighted by atomic mass is 16.6. The molecule has 3 heterocycles. The number of carbonyl (C=O) groups excluding carboxylic acids is 12. The molecule has 3 aliphatic heterocycles. The fraction of sp³-hybridized carbons (Fsp3) is 0.333. The van der Waals surface area contributed by atoms with Gasteiger partial charge >= 0.3 is 12.1 Å². The van der Waals surface area contributed by atoms with Crippen molar-refractivity contribution >= 4 is 110 Å². The van der Waals surface area contributed by atoms with Crippen LogP contribution in [0.1, 0.15) is 106 Å². The normalized spacial score (nSPS) is 14.0. The van der Waals surface area contributed by atoms with Gasteiger partial charge in [0, 0.05) is 110 Å². The van der Waals surface area contributed by atoms with Crippen molar-refractivity contribution in [3.63, 3.8) is 0 Å². The maximum absolute atomic E-state index is 14.0. The molecule has 5 aromatic carbocycles. The summed E-state index contributed by atoms with van der Waals surface area (Å²) in [6.07, 6.45) is 3.14. The number of primary amides is 1. The first-order valence-electron chi connectivity index (χ1n) is 28.4. The van der Waals surface area contributed by atoms with Crippen molar-refractivity contribution in [1.82, 2.24) is 40.9 Å². The molecule has 0 saturated heterocycles. The number of nitrogens with one attached hydrogen (secondary N) is 5. The molecule has 8 rings (SSSR count). The molecule has 0 spiro atoms. The first-order valence-corrected chi connectivity index (χ1v) is 28.4. The highest BCUT2D eigenvalue weighted by Crippen LogP contribution is 2.35. The van der Waals surface area contributed by atoms with E-state index in [-0.39, 0.29) is 115 Å². The number of carbonyl (C=O) groups is 12. The summed E-state index contributed by atoms with van der Waals surface area (Å²) in [6.45, 7) is 1.51. The summed E-state index contributed by atoms with van der Waals surface area (Å²) < 4.78 is 5.69. The van der Waals surface area contributed by atoms with Crippen LogP contribution in [0.25, 0.3) is 21.5 Å². The van der Waals surface area contributed by atoms with Gasteiger partial charge in [0.1, 0.15) is 25.2 Å². The Morgan fingerprint density at radius 3 is 1.76 bits per heavy atom. The Bertz CT molecular complexity index is 3760. The molecule has 7 N–H and O–H groups in total. The number of unbranched alkanes of at least 4 members (excludes halogenated alkanes) is 2. The Kier molecular flexibility index (Phi) is 20.5. The standard InChI is InChI=1S/C60H62N12O17/c1-34(2)52(66-46(73)15-4-3-5-25-68-48(75)20-21-49(68)76)54(78)65-45(14-8-22-63-59(61)83)53(77)64-38-18-16-35(17-19-38)33-89-60(84)67(26-27-69-55(79)41-12-6-10-36-28-39(71(85)86)30-43(50(36)41)57(69)81)24-9-23-62-47(74)32-70-56(80)42-13-7-11-37-29-40(72(87)88)31-44(51(37)42)58(70)82/h6-7,10-13,16-21,28-31,34,45,52H,3-5,8-9,14-15,22-27,32-33H2,1-2H3,(H,62,74)(H,64,77)(H,65,78)(H,66,73)(H3,61,63,83)/t45-,52-/m0/s1. The molecule has 0 aliphatic carbocycles. The molecule has 13 amide bonds. The van der Waals surface area contributed by atoms with Gasteiger partial charge in [0.15, 0.2) is 0 Å². The predicted octanol–water partition coefficient (Wildman–Crippen LogP) is 4.34. The molecule has 0 saturated carbocycles. The Morgan fingerprint density at radius 2 is 1.18 bits per heavy atom. The lowest BCUT2D eigenvalue weighted by Gasteiger charge is -2.30. The largest absolute Gasteiger partial charge is 0.445 e. The lowest BCUT2D eigenvalue weighted by molar-refractivity contribution is -0.384. The van der Waals surface area contributed by atoms with E-state index >= 15 is 0 Å². The summed E-state index contributed by atoms with van der Waals surface area (Å²) in [5, 5.41) is 37.7. The third-order valence-corrected chi connectivity index (χ3v) is 15.0. The molecule has 0 bridgehead atoms. The van der Waals surface area contributed by atoms with E-state index in [1.165, 1.54) is 84.9 Å². The van der Waals surface area contributed by atoms with E-state index in [2.05, 4.69) is 26.6 Å². The fourth-order valence-corrected chi connectivity index (χ4v) is 10.4. The van der Waals surface area contributed by atoms with E-state index < -0.39 is 118 Å². The van der Waals surface area contributed by atoms with Crippen molar-refractivity contribution in [2.45, 2.75) is 77.5 Å². The first-order chi connectivity index (χ1) is 42.5. The van der Waals surface area contributed by atoms with E-state index in [4.69, 9.17) is 10.5 Å². The number of hydrogen-bond acceptors (Lipinski definition) is 17. The van der Waals surface area contributed by atoms with Gasteiger partial charge in [-0.1, -0.05) is 56.7 Å². The monoisotopic (exact) mass is 1220 g/mol. The number of imide groups is 3. The van der Waals surface area contributed by atoms with Crippen molar-refractivity contribution < 1.29 is 72.1 Å². The van der Waals surface area contributed by atoms with Crippen LogP contribution in [0.2, 0.25) is 0 Å². The van der Waals surface area contributed by atoms with Crippen LogP contribution in [0.15, 0.2) is 97.1 Å². The topological polar surface area (TPSA) is 399 Å². The number of ether oxygens (including phenoxy) is 1. The molecule has 29 heteroatoms. The quantitative estimate of drug-likeness (QED) is 0.0168. The van der Waals surface area contributed by atoms with Crippen molar-refractivity contribution in [2.24, 2.45) is 11.7 Å².